The molecule has 0 aromatic rings. The summed E-state index contributed by atoms with van der Waals surface area (Å²) < 4.78 is 11.0. The minimum absolute atomic E-state index is 0.0968. The first-order valence-electron chi connectivity index (χ1n) is 6.54. The standard InChI is InChI=1S/C11H16N6O4/c12-16-14-6-5-7(15-17-13)11(10(19)9(6)18)21-8-3-1-2-4-20-8/h1-2,6-11,18-19H,3-5H2/t6-,7+,8?,9+,10-,11-/m1/s1. The summed E-state index contributed by atoms with van der Waals surface area (Å²) in [6.07, 6.45) is 0.211. The first-order valence-corrected chi connectivity index (χ1v) is 6.54. The number of aliphatic hydroxyl groups is 2. The molecule has 0 spiro atoms. The highest BCUT2D eigenvalue weighted by Crippen LogP contribution is 2.29. The highest BCUT2D eigenvalue weighted by molar-refractivity contribution is 5.01. The summed E-state index contributed by atoms with van der Waals surface area (Å²) in [5, 5.41) is 27.1. The maximum Gasteiger partial charge on any atom is 0.161 e. The summed E-state index contributed by atoms with van der Waals surface area (Å²) in [6, 6.07) is -1.62. The molecular weight excluding hydrogens is 280 g/mol. The van der Waals surface area contributed by atoms with E-state index in [0.717, 1.165) is 0 Å². The molecule has 114 valence electrons. The molecule has 1 aliphatic heterocycles. The highest BCUT2D eigenvalue weighted by Gasteiger charge is 2.44. The van der Waals surface area contributed by atoms with Crippen LogP contribution in [0, 0.1) is 0 Å². The van der Waals surface area contributed by atoms with Crippen molar-refractivity contribution in [3.05, 3.63) is 33.0 Å². The summed E-state index contributed by atoms with van der Waals surface area (Å²) in [6.45, 7) is 0.392. The SMILES string of the molecule is [N-]=[N+]=N[C@H]1C[C@@H](N=[N+]=[N-])[C@H](O)[C@@H](O)[C@@H]1OC1CC=CCO1. The molecule has 0 saturated heterocycles. The van der Waals surface area contributed by atoms with Gasteiger partial charge >= 0.3 is 0 Å². The number of ether oxygens (including phenoxy) is 2. The van der Waals surface area contributed by atoms with E-state index in [1.165, 1.54) is 0 Å². The van der Waals surface area contributed by atoms with Crippen molar-refractivity contribution in [3.8, 4) is 0 Å². The van der Waals surface area contributed by atoms with Gasteiger partial charge in [-0.15, -0.1) is 0 Å². The third-order valence-electron chi connectivity index (χ3n) is 3.53. The summed E-state index contributed by atoms with van der Waals surface area (Å²) in [5.74, 6) is 0. The molecule has 0 bridgehead atoms. The molecule has 1 unspecified atom stereocenters. The molecule has 2 aliphatic rings. The zero-order chi connectivity index (χ0) is 15.2. The van der Waals surface area contributed by atoms with Crippen molar-refractivity contribution in [2.75, 3.05) is 6.61 Å². The largest absolute Gasteiger partial charge is 0.390 e. The van der Waals surface area contributed by atoms with Gasteiger partial charge in [0.05, 0.1) is 30.9 Å². The van der Waals surface area contributed by atoms with E-state index in [1.54, 1.807) is 0 Å². The van der Waals surface area contributed by atoms with E-state index in [4.69, 9.17) is 20.5 Å². The third-order valence-corrected chi connectivity index (χ3v) is 3.53. The third kappa shape index (κ3) is 3.64. The Hall–Kier alpha value is -1.80. The maximum absolute atomic E-state index is 10.1. The van der Waals surface area contributed by atoms with Crippen LogP contribution >= 0.6 is 0 Å². The molecule has 1 saturated carbocycles. The van der Waals surface area contributed by atoms with Gasteiger partial charge in [-0.1, -0.05) is 22.4 Å². The van der Waals surface area contributed by atoms with Gasteiger partial charge in [-0.05, 0) is 17.5 Å². The molecule has 21 heavy (non-hydrogen) atoms. The van der Waals surface area contributed by atoms with Crippen molar-refractivity contribution in [2.45, 2.75) is 49.5 Å². The molecule has 0 radical (unpaired) electrons. The molecular formula is C11H16N6O4. The Morgan fingerprint density at radius 1 is 1.10 bits per heavy atom. The summed E-state index contributed by atoms with van der Waals surface area (Å²) in [5.41, 5.74) is 17.1. The minimum atomic E-state index is -1.33. The number of hydrogen-bond donors (Lipinski definition) is 2. The van der Waals surface area contributed by atoms with Crippen molar-refractivity contribution in [1.82, 2.24) is 0 Å². The molecule has 0 amide bonds. The fourth-order valence-corrected chi connectivity index (χ4v) is 2.48. The van der Waals surface area contributed by atoms with Crippen molar-refractivity contribution in [2.24, 2.45) is 10.2 Å². The van der Waals surface area contributed by atoms with Crippen LogP contribution in [0.25, 0.3) is 20.9 Å². The fourth-order valence-electron chi connectivity index (χ4n) is 2.48. The second-order valence-electron chi connectivity index (χ2n) is 4.83. The number of nitrogens with zero attached hydrogens (tertiary/aromatic N) is 6. The van der Waals surface area contributed by atoms with Crippen LogP contribution in [-0.2, 0) is 9.47 Å². The Kier molecular flexibility index (Phi) is 5.40. The molecule has 2 rings (SSSR count). The Morgan fingerprint density at radius 2 is 1.81 bits per heavy atom. The summed E-state index contributed by atoms with van der Waals surface area (Å²) in [7, 11) is 0. The van der Waals surface area contributed by atoms with Gasteiger partial charge in [-0.3, -0.25) is 0 Å². The summed E-state index contributed by atoms with van der Waals surface area (Å²) in [4.78, 5) is 5.34. The normalized spacial score (nSPS) is 39.1. The lowest BCUT2D eigenvalue weighted by molar-refractivity contribution is -0.216. The monoisotopic (exact) mass is 296 g/mol. The zero-order valence-corrected chi connectivity index (χ0v) is 11.1. The maximum atomic E-state index is 10.1. The average molecular weight is 296 g/mol. The average Bonchev–Trinajstić information content (AvgIpc) is 2.50. The van der Waals surface area contributed by atoms with E-state index in [2.05, 4.69) is 20.1 Å². The lowest BCUT2D eigenvalue weighted by Crippen LogP contribution is -2.56. The molecule has 6 atom stereocenters. The Morgan fingerprint density at radius 3 is 2.43 bits per heavy atom. The van der Waals surface area contributed by atoms with Gasteiger partial charge < -0.3 is 19.7 Å². The van der Waals surface area contributed by atoms with Crippen LogP contribution in [0.1, 0.15) is 12.8 Å². The molecule has 2 N–H and O–H groups in total. The first kappa shape index (κ1) is 15.6. The van der Waals surface area contributed by atoms with E-state index < -0.39 is 36.7 Å². The topological polar surface area (TPSA) is 156 Å². The van der Waals surface area contributed by atoms with E-state index >= 15 is 0 Å². The van der Waals surface area contributed by atoms with Gasteiger partial charge in [0.2, 0.25) is 0 Å². The fraction of sp³-hybridized carbons (Fsp3) is 0.818. The molecule has 10 nitrogen and oxygen atoms in total. The van der Waals surface area contributed by atoms with Crippen LogP contribution in [0.5, 0.6) is 0 Å². The lowest BCUT2D eigenvalue weighted by Gasteiger charge is -2.40. The van der Waals surface area contributed by atoms with Crippen LogP contribution in [-0.4, -0.2) is 53.5 Å². The van der Waals surface area contributed by atoms with Crippen LogP contribution in [0.15, 0.2) is 22.4 Å². The van der Waals surface area contributed by atoms with Crippen LogP contribution in [0.2, 0.25) is 0 Å². The number of hydrogen-bond acceptors (Lipinski definition) is 6. The van der Waals surface area contributed by atoms with Gasteiger partial charge in [-0.2, -0.15) is 0 Å². The van der Waals surface area contributed by atoms with Gasteiger partial charge in [-0.25, -0.2) is 0 Å². The predicted molar refractivity (Wildman–Crippen MR) is 70.9 cm³/mol. The second-order valence-corrected chi connectivity index (χ2v) is 4.83. The first-order chi connectivity index (χ1) is 10.2. The Balaban J connectivity index is 2.14. The smallest absolute Gasteiger partial charge is 0.161 e. The number of rotatable bonds is 4. The summed E-state index contributed by atoms with van der Waals surface area (Å²) >= 11 is 0. The van der Waals surface area contributed by atoms with Crippen LogP contribution < -0.4 is 0 Å². The van der Waals surface area contributed by atoms with Gasteiger partial charge in [0, 0.05) is 16.2 Å². The van der Waals surface area contributed by atoms with E-state index in [1.807, 2.05) is 12.2 Å². The molecule has 1 aliphatic carbocycles. The zero-order valence-electron chi connectivity index (χ0n) is 11.1. The molecule has 0 aromatic heterocycles. The Labute approximate surface area is 120 Å². The van der Waals surface area contributed by atoms with Crippen molar-refractivity contribution in [1.29, 1.82) is 0 Å². The quantitative estimate of drug-likeness (QED) is 0.345. The van der Waals surface area contributed by atoms with Crippen molar-refractivity contribution >= 4 is 0 Å². The molecule has 0 aromatic carbocycles. The molecule has 10 heteroatoms. The second kappa shape index (κ2) is 7.28. The van der Waals surface area contributed by atoms with Gasteiger partial charge in [0.1, 0.15) is 6.10 Å². The number of azide groups is 2. The minimum Gasteiger partial charge on any atom is -0.390 e. The molecule has 1 heterocycles. The molecule has 1 fully saturated rings. The van der Waals surface area contributed by atoms with E-state index in [9.17, 15) is 10.2 Å². The number of aliphatic hydroxyl groups excluding tert-OH is 2. The predicted octanol–water partition coefficient (Wildman–Crippen LogP) is 1.16. The van der Waals surface area contributed by atoms with Crippen molar-refractivity contribution < 1.29 is 19.7 Å². The lowest BCUT2D eigenvalue weighted by atomic mass is 9.84. The van der Waals surface area contributed by atoms with Crippen LogP contribution in [0.4, 0.5) is 0 Å². The highest BCUT2D eigenvalue weighted by atomic mass is 16.7. The van der Waals surface area contributed by atoms with E-state index in [0.29, 0.717) is 13.0 Å². The van der Waals surface area contributed by atoms with Crippen molar-refractivity contribution in [3.63, 3.8) is 0 Å². The van der Waals surface area contributed by atoms with Gasteiger partial charge in [0.25, 0.3) is 0 Å². The van der Waals surface area contributed by atoms with E-state index in [-0.39, 0.29) is 6.42 Å². The van der Waals surface area contributed by atoms with Crippen LogP contribution in [0.3, 0.4) is 0 Å². The van der Waals surface area contributed by atoms with Gasteiger partial charge in [0.15, 0.2) is 6.29 Å². The Bertz CT molecular complexity index is 487.